The number of aromatic nitrogens is 3. The first-order valence-corrected chi connectivity index (χ1v) is 23.9. The van der Waals surface area contributed by atoms with E-state index in [4.69, 9.17) is 15.0 Å². The van der Waals surface area contributed by atoms with Crippen LogP contribution < -0.4 is 25.6 Å². The zero-order chi connectivity index (χ0) is 42.2. The summed E-state index contributed by atoms with van der Waals surface area (Å²) in [7, 11) is -2.70. The summed E-state index contributed by atoms with van der Waals surface area (Å²) < 4.78 is 0. The van der Waals surface area contributed by atoms with Crippen LogP contribution in [0.1, 0.15) is 11.1 Å². The van der Waals surface area contributed by atoms with Crippen molar-refractivity contribution in [1.29, 1.82) is 0 Å². The third-order valence-corrected chi connectivity index (χ3v) is 18.3. The lowest BCUT2D eigenvalue weighted by Gasteiger charge is -2.28. The van der Waals surface area contributed by atoms with Crippen molar-refractivity contribution in [2.75, 3.05) is 4.90 Å². The molecule has 1 unspecified atom stereocenters. The van der Waals surface area contributed by atoms with Crippen LogP contribution in [-0.2, 0) is 0 Å². The van der Waals surface area contributed by atoms with E-state index >= 15 is 0 Å². The van der Waals surface area contributed by atoms with Crippen molar-refractivity contribution in [2.45, 2.75) is 0 Å². The molecule has 0 radical (unpaired) electrons. The number of rotatable bonds is 5. The van der Waals surface area contributed by atoms with Crippen molar-refractivity contribution >= 4 is 58.0 Å². The number of para-hydroxylation sites is 2. The molecule has 3 aliphatic heterocycles. The summed E-state index contributed by atoms with van der Waals surface area (Å²) in [6.07, 6.45) is 4.44. The van der Waals surface area contributed by atoms with Crippen LogP contribution in [0.4, 0.5) is 17.1 Å². The van der Waals surface area contributed by atoms with Crippen molar-refractivity contribution in [3.8, 4) is 67.5 Å². The molecule has 4 nitrogen and oxygen atoms in total. The maximum absolute atomic E-state index is 5.12. The van der Waals surface area contributed by atoms with Gasteiger partial charge in [0, 0.05) is 22.4 Å². The van der Waals surface area contributed by atoms with Gasteiger partial charge in [0.2, 0.25) is 0 Å². The van der Waals surface area contributed by atoms with Crippen LogP contribution in [0.2, 0.25) is 0 Å². The Morgan fingerprint density at radius 2 is 0.703 bits per heavy atom. The van der Waals surface area contributed by atoms with Gasteiger partial charge in [-0.2, -0.15) is 0 Å². The molecule has 10 aromatic rings. The smallest absolute Gasteiger partial charge is 0.182 e. The van der Waals surface area contributed by atoms with E-state index in [0.717, 1.165) is 22.4 Å². The molecule has 1 atom stereocenters. The normalized spacial score (nSPS) is 14.8. The van der Waals surface area contributed by atoms with Gasteiger partial charge in [-0.05, 0) is 102 Å². The topological polar surface area (TPSA) is 41.9 Å². The molecule has 64 heavy (non-hydrogen) atoms. The highest BCUT2D eigenvalue weighted by molar-refractivity contribution is 7.24. The van der Waals surface area contributed by atoms with Crippen LogP contribution >= 0.6 is 0 Å². The van der Waals surface area contributed by atoms with Gasteiger partial charge >= 0.3 is 0 Å². The Kier molecular flexibility index (Phi) is 8.20. The molecule has 9 aromatic carbocycles. The maximum atomic E-state index is 5.12. The molecular formula is C59H38N4Si. The van der Waals surface area contributed by atoms with Crippen molar-refractivity contribution in [3.05, 3.63) is 230 Å². The Bertz CT molecular complexity index is 3400. The molecule has 4 heterocycles. The van der Waals surface area contributed by atoms with Gasteiger partial charge in [-0.25, -0.2) is 15.0 Å². The highest BCUT2D eigenvalue weighted by atomic mass is 28.3. The first-order valence-electron chi connectivity index (χ1n) is 21.9. The number of nitrogens with zero attached hydrogens (tertiary/aromatic N) is 4. The zero-order valence-corrected chi connectivity index (χ0v) is 35.7. The summed E-state index contributed by atoms with van der Waals surface area (Å²) in [6.45, 7) is 0. The molecule has 0 bridgehead atoms. The molecular weight excluding hydrogens is 793 g/mol. The van der Waals surface area contributed by atoms with E-state index in [0.29, 0.717) is 17.5 Å². The second-order valence-electron chi connectivity index (χ2n) is 16.7. The Morgan fingerprint density at radius 3 is 1.25 bits per heavy atom. The second kappa shape index (κ2) is 14.4. The lowest BCUT2D eigenvalue weighted by Crippen LogP contribution is -2.70. The van der Waals surface area contributed by atoms with Crippen LogP contribution in [0, 0.1) is 0 Å². The molecule has 298 valence electrons. The Balaban J connectivity index is 0.932. The van der Waals surface area contributed by atoms with Gasteiger partial charge in [0.15, 0.2) is 25.5 Å². The quantitative estimate of drug-likeness (QED) is 0.162. The average Bonchev–Trinajstić information content (AvgIpc) is 3.76. The molecule has 5 heteroatoms. The number of hydrogen-bond acceptors (Lipinski definition) is 4. The molecule has 0 saturated heterocycles. The van der Waals surface area contributed by atoms with Gasteiger partial charge in [-0.1, -0.05) is 194 Å². The van der Waals surface area contributed by atoms with E-state index in [1.54, 1.807) is 0 Å². The Hall–Kier alpha value is -8.25. The Labute approximate surface area is 373 Å². The fourth-order valence-electron chi connectivity index (χ4n) is 10.5. The predicted octanol–water partition coefficient (Wildman–Crippen LogP) is 11.8. The minimum absolute atomic E-state index is 0.662. The molecule has 13 rings (SSSR count). The van der Waals surface area contributed by atoms with Crippen molar-refractivity contribution < 1.29 is 0 Å². The first kappa shape index (κ1) is 36.4. The summed E-state index contributed by atoms with van der Waals surface area (Å²) in [6, 6.07) is 79.2. The molecule has 0 amide bonds. The molecule has 1 spiro atoms. The summed E-state index contributed by atoms with van der Waals surface area (Å²) in [5.41, 5.74) is 16.4. The van der Waals surface area contributed by atoms with Crippen LogP contribution in [0.3, 0.4) is 0 Å². The third kappa shape index (κ3) is 5.51. The lowest BCUT2D eigenvalue weighted by atomic mass is 9.99. The van der Waals surface area contributed by atoms with Crippen LogP contribution in [0.25, 0.3) is 79.7 Å². The highest BCUT2D eigenvalue weighted by Crippen LogP contribution is 2.43. The molecule has 0 saturated carbocycles. The van der Waals surface area contributed by atoms with Gasteiger partial charge in [-0.15, -0.1) is 0 Å². The first-order chi connectivity index (χ1) is 31.7. The number of anilines is 3. The fourth-order valence-corrected chi connectivity index (χ4v) is 16.0. The van der Waals surface area contributed by atoms with Crippen LogP contribution in [-0.4, -0.2) is 23.0 Å². The summed E-state index contributed by atoms with van der Waals surface area (Å²) in [5.74, 6) is 1.99. The van der Waals surface area contributed by atoms with Crippen LogP contribution in [0.15, 0.2) is 218 Å². The molecule has 0 N–H and O–H groups in total. The van der Waals surface area contributed by atoms with E-state index in [1.807, 2.05) is 36.4 Å². The minimum atomic E-state index is -2.70. The van der Waals surface area contributed by atoms with Crippen molar-refractivity contribution in [1.82, 2.24) is 15.0 Å². The largest absolute Gasteiger partial charge is 0.309 e. The van der Waals surface area contributed by atoms with E-state index in [2.05, 4.69) is 199 Å². The molecule has 3 aliphatic rings. The summed E-state index contributed by atoms with van der Waals surface area (Å²) in [4.78, 5) is 17.6. The monoisotopic (exact) mass is 830 g/mol. The van der Waals surface area contributed by atoms with Crippen molar-refractivity contribution in [2.24, 2.45) is 0 Å². The van der Waals surface area contributed by atoms with Gasteiger partial charge in [-0.3, -0.25) is 0 Å². The average molecular weight is 831 g/mol. The van der Waals surface area contributed by atoms with E-state index in [1.165, 1.54) is 76.6 Å². The van der Waals surface area contributed by atoms with Crippen LogP contribution in [0.5, 0.6) is 0 Å². The zero-order valence-electron chi connectivity index (χ0n) is 34.7. The van der Waals surface area contributed by atoms with Gasteiger partial charge in [0.1, 0.15) is 0 Å². The Morgan fingerprint density at radius 1 is 0.297 bits per heavy atom. The standard InChI is InChI=1S/C59H38N4Si/c1-3-17-42(18-4-1)57-60-58(43-19-5-2-6-20-43)62-59(61-57)45-32-36-56-50(38-45)48-22-10-14-26-54(48)64(56)53-25-13-9-21-47(53)49-37-44(31-35-55(49)64)39-29-33-46(34-30-39)63-51-23-11-7-15-40(51)27-28-41-16-8-12-24-52(41)63/h1-38H. The maximum Gasteiger partial charge on any atom is 0.182 e. The number of hydrogen-bond donors (Lipinski definition) is 0. The fraction of sp³-hybridized carbons (Fsp3) is 0. The number of benzene rings is 9. The van der Waals surface area contributed by atoms with Gasteiger partial charge < -0.3 is 4.90 Å². The van der Waals surface area contributed by atoms with E-state index < -0.39 is 8.07 Å². The lowest BCUT2D eigenvalue weighted by molar-refractivity contribution is 1.07. The molecule has 0 aliphatic carbocycles. The SMILES string of the molecule is C1=Cc2ccccc2N(c2ccc(-c3ccc4c(c3)-c3ccccc3[Si]43c4ccccc4-c4cc(-c5nc(-c6ccccc6)nc(-c6ccccc6)n5)ccc43)cc2)c2ccccc21. The molecule has 0 fully saturated rings. The highest BCUT2D eigenvalue weighted by Gasteiger charge is 2.54. The molecule has 1 aromatic heterocycles. The second-order valence-corrected chi connectivity index (χ2v) is 20.4. The van der Waals surface area contributed by atoms with E-state index in [9.17, 15) is 0 Å². The van der Waals surface area contributed by atoms with E-state index in [-0.39, 0.29) is 0 Å². The van der Waals surface area contributed by atoms with Gasteiger partial charge in [0.05, 0.1) is 11.4 Å². The third-order valence-electron chi connectivity index (χ3n) is 13.3. The van der Waals surface area contributed by atoms with Gasteiger partial charge in [0.25, 0.3) is 0 Å². The predicted molar refractivity (Wildman–Crippen MR) is 267 cm³/mol. The number of fused-ring (bicyclic) bond motifs is 12. The summed E-state index contributed by atoms with van der Waals surface area (Å²) >= 11 is 0. The minimum Gasteiger partial charge on any atom is -0.309 e. The van der Waals surface area contributed by atoms with Crippen molar-refractivity contribution in [3.63, 3.8) is 0 Å². The summed E-state index contributed by atoms with van der Waals surface area (Å²) in [5, 5.41) is 5.73.